The highest BCUT2D eigenvalue weighted by Gasteiger charge is 2.37. The number of nitrogens with zero attached hydrogens (tertiary/aromatic N) is 4. The SMILES string of the molecule is CCCCCCCCCCCCN1CCN(CCCCCCCCCCCC)C1=NP(=O)([O-])OC[C@H]1O[C@@H](n2cc(C)c(=O)[nH]c2=O)CC1O. The van der Waals surface area contributed by atoms with Gasteiger partial charge in [0, 0.05) is 44.4 Å². The van der Waals surface area contributed by atoms with Crippen molar-refractivity contribution in [1.82, 2.24) is 19.4 Å². The lowest BCUT2D eigenvalue weighted by molar-refractivity contribution is -0.201. The van der Waals surface area contributed by atoms with E-state index in [1.54, 1.807) is 6.92 Å². The quantitative estimate of drug-likeness (QED) is 0.0738. The van der Waals surface area contributed by atoms with Crippen LogP contribution in [0.15, 0.2) is 20.5 Å². The lowest BCUT2D eigenvalue weighted by Crippen LogP contribution is -2.35. The molecule has 4 atom stereocenters. The van der Waals surface area contributed by atoms with Crippen molar-refractivity contribution in [3.63, 3.8) is 0 Å². The Bertz CT molecular complexity index is 1250. The maximum atomic E-state index is 13.2. The number of aliphatic hydroxyl groups is 1. The Morgan fingerprint density at radius 3 is 1.78 bits per heavy atom. The second kappa shape index (κ2) is 23.6. The zero-order valence-corrected chi connectivity index (χ0v) is 32.2. The molecule has 0 aliphatic carbocycles. The van der Waals surface area contributed by atoms with Crippen molar-refractivity contribution in [2.75, 3.05) is 32.8 Å². The highest BCUT2D eigenvalue weighted by molar-refractivity contribution is 7.50. The standard InChI is InChI=1S/C37H68N5O7P/c1-4-6-8-10-12-14-16-18-20-22-24-40-26-27-41(25-23-21-19-17-15-13-11-9-7-5-2)36(40)39-50(46,47)48-30-33-32(43)28-34(49-33)42-29-31(3)35(44)38-37(42)45/h29,32-34,43H,4-28,30H2,1-3H3,(H,46,47)(H,38,44,45)/p-1/t32?,33-,34-/m1/s1. The third-order valence-corrected chi connectivity index (χ3v) is 10.9. The average molecular weight is 725 g/mol. The summed E-state index contributed by atoms with van der Waals surface area (Å²) in [5.41, 5.74) is -0.831. The van der Waals surface area contributed by atoms with Crippen molar-refractivity contribution in [1.29, 1.82) is 0 Å². The predicted octanol–water partition coefficient (Wildman–Crippen LogP) is 6.79. The second-order valence-corrected chi connectivity index (χ2v) is 15.8. The molecule has 0 amide bonds. The average Bonchev–Trinajstić information content (AvgIpc) is 3.64. The molecule has 2 N–H and O–H groups in total. The molecule has 2 unspecified atom stereocenters. The number of H-pyrrole nitrogens is 1. The first-order valence-electron chi connectivity index (χ1n) is 19.9. The fourth-order valence-corrected chi connectivity index (χ4v) is 7.78. The molecule has 2 fully saturated rings. The van der Waals surface area contributed by atoms with Crippen molar-refractivity contribution in [2.24, 2.45) is 4.76 Å². The Balaban J connectivity index is 1.52. The van der Waals surface area contributed by atoms with Gasteiger partial charge in [0.2, 0.25) is 5.96 Å². The number of guanidine groups is 1. The van der Waals surface area contributed by atoms with Crippen LogP contribution in [-0.4, -0.2) is 75.4 Å². The molecule has 2 aliphatic heterocycles. The number of hydrogen-bond acceptors (Lipinski definition) is 7. The number of aromatic nitrogens is 2. The molecule has 0 radical (unpaired) electrons. The summed E-state index contributed by atoms with van der Waals surface area (Å²) in [4.78, 5) is 43.7. The molecule has 12 nitrogen and oxygen atoms in total. The smallest absolute Gasteiger partial charge is 0.330 e. The first kappa shape index (κ1) is 42.4. The molecule has 1 aromatic heterocycles. The van der Waals surface area contributed by atoms with Gasteiger partial charge < -0.3 is 29.1 Å². The van der Waals surface area contributed by atoms with E-state index in [1.807, 2.05) is 0 Å². The molecule has 13 heteroatoms. The van der Waals surface area contributed by atoms with Gasteiger partial charge in [-0.1, -0.05) is 129 Å². The van der Waals surface area contributed by atoms with E-state index in [-0.39, 0.29) is 6.42 Å². The van der Waals surface area contributed by atoms with E-state index in [0.29, 0.717) is 11.5 Å². The van der Waals surface area contributed by atoms with Gasteiger partial charge in [-0.25, -0.2) is 4.79 Å². The molecule has 0 bridgehead atoms. The fourth-order valence-electron chi connectivity index (χ4n) is 6.91. The van der Waals surface area contributed by atoms with E-state index < -0.39 is 44.0 Å². The number of nitrogens with one attached hydrogen (secondary N) is 1. The summed E-state index contributed by atoms with van der Waals surface area (Å²) in [6.45, 7) is 8.59. The number of aliphatic hydroxyl groups excluding tert-OH is 1. The van der Waals surface area contributed by atoms with Gasteiger partial charge in [-0.15, -0.1) is 0 Å². The molecule has 2 saturated heterocycles. The number of aryl methyl sites for hydroxylation is 1. The van der Waals surface area contributed by atoms with Gasteiger partial charge in [0.1, 0.15) is 12.3 Å². The van der Waals surface area contributed by atoms with Gasteiger partial charge >= 0.3 is 5.69 Å². The molecule has 0 aromatic carbocycles. The van der Waals surface area contributed by atoms with Crippen LogP contribution >= 0.6 is 7.75 Å². The zero-order valence-electron chi connectivity index (χ0n) is 31.3. The first-order valence-corrected chi connectivity index (χ1v) is 21.4. The van der Waals surface area contributed by atoms with Crippen LogP contribution in [0.25, 0.3) is 0 Å². The molecule has 50 heavy (non-hydrogen) atoms. The summed E-state index contributed by atoms with van der Waals surface area (Å²) in [7, 11) is -4.70. The monoisotopic (exact) mass is 724 g/mol. The van der Waals surface area contributed by atoms with Crippen LogP contribution in [0.2, 0.25) is 0 Å². The minimum Gasteiger partial charge on any atom is -0.760 e. The number of aromatic amines is 1. The molecular weight excluding hydrogens is 657 g/mol. The van der Waals surface area contributed by atoms with Crippen molar-refractivity contribution in [2.45, 2.75) is 174 Å². The Hall–Kier alpha value is -1.98. The fraction of sp³-hybridized carbons (Fsp3) is 0.865. The number of unbranched alkanes of at least 4 members (excludes halogenated alkanes) is 18. The number of ether oxygens (including phenoxy) is 1. The van der Waals surface area contributed by atoms with Crippen molar-refractivity contribution in [3.05, 3.63) is 32.6 Å². The van der Waals surface area contributed by atoms with Gasteiger partial charge in [0.15, 0.2) is 0 Å². The molecular formula is C37H67N5O7P-. The summed E-state index contributed by atoms with van der Waals surface area (Å²) >= 11 is 0. The Labute approximate surface area is 300 Å². The normalized spacial score (nSPS) is 20.6. The van der Waals surface area contributed by atoms with E-state index >= 15 is 0 Å². The molecule has 0 saturated carbocycles. The van der Waals surface area contributed by atoms with Crippen LogP contribution in [0, 0.1) is 6.92 Å². The van der Waals surface area contributed by atoms with E-state index in [9.17, 15) is 24.2 Å². The molecule has 0 spiro atoms. The van der Waals surface area contributed by atoms with Crippen molar-refractivity contribution < 1.29 is 23.8 Å². The van der Waals surface area contributed by atoms with Crippen molar-refractivity contribution >= 4 is 13.7 Å². The Kier molecular flexibility index (Phi) is 20.0. The van der Waals surface area contributed by atoms with Gasteiger partial charge in [-0.05, 0) is 19.8 Å². The zero-order chi connectivity index (χ0) is 36.2. The summed E-state index contributed by atoms with van der Waals surface area (Å²) < 4.78 is 29.8. The van der Waals surface area contributed by atoms with Crippen LogP contribution in [0.4, 0.5) is 0 Å². The summed E-state index contributed by atoms with van der Waals surface area (Å²) in [5, 5.41) is 10.6. The number of hydrogen-bond donors (Lipinski definition) is 2. The summed E-state index contributed by atoms with van der Waals surface area (Å²) in [6.07, 6.45) is 23.3. The van der Waals surface area contributed by atoms with Crippen LogP contribution in [0.1, 0.15) is 160 Å². The topological polar surface area (TPSA) is 153 Å². The van der Waals surface area contributed by atoms with Gasteiger partial charge in [0.25, 0.3) is 13.3 Å². The highest BCUT2D eigenvalue weighted by atomic mass is 31.2. The largest absolute Gasteiger partial charge is 0.760 e. The Morgan fingerprint density at radius 2 is 1.30 bits per heavy atom. The molecule has 3 heterocycles. The van der Waals surface area contributed by atoms with Gasteiger partial charge in [-0.2, -0.15) is 4.76 Å². The minimum absolute atomic E-state index is 0.0519. The predicted molar refractivity (Wildman–Crippen MR) is 198 cm³/mol. The molecule has 288 valence electrons. The highest BCUT2D eigenvalue weighted by Crippen LogP contribution is 2.41. The second-order valence-electron chi connectivity index (χ2n) is 14.4. The van der Waals surface area contributed by atoms with Crippen LogP contribution in [-0.2, 0) is 13.8 Å². The number of rotatable bonds is 27. The van der Waals surface area contributed by atoms with E-state index in [4.69, 9.17) is 9.26 Å². The summed E-state index contributed by atoms with van der Waals surface area (Å²) in [5.74, 6) is 0.455. The maximum absolute atomic E-state index is 13.2. The van der Waals surface area contributed by atoms with E-state index in [0.717, 1.165) is 51.9 Å². The van der Waals surface area contributed by atoms with Crippen molar-refractivity contribution in [3.8, 4) is 0 Å². The van der Waals surface area contributed by atoms with Gasteiger partial charge in [-0.3, -0.25) is 18.9 Å². The van der Waals surface area contributed by atoms with E-state index in [1.165, 1.54) is 113 Å². The third-order valence-electron chi connectivity index (χ3n) is 10.0. The van der Waals surface area contributed by atoms with Crippen LogP contribution in [0.3, 0.4) is 0 Å². The third kappa shape index (κ3) is 15.3. The first-order chi connectivity index (χ1) is 24.1. The van der Waals surface area contributed by atoms with Gasteiger partial charge in [0.05, 0.1) is 12.7 Å². The Morgan fingerprint density at radius 1 is 0.840 bits per heavy atom. The minimum atomic E-state index is -4.70. The molecule has 2 aliphatic rings. The lowest BCUT2D eigenvalue weighted by Gasteiger charge is -2.28. The summed E-state index contributed by atoms with van der Waals surface area (Å²) in [6, 6.07) is 0. The van der Waals surface area contributed by atoms with Crippen LogP contribution < -0.4 is 16.1 Å². The van der Waals surface area contributed by atoms with Crippen LogP contribution in [0.5, 0.6) is 0 Å². The molecule has 3 rings (SSSR count). The molecule has 1 aromatic rings. The maximum Gasteiger partial charge on any atom is 0.330 e. The van der Waals surface area contributed by atoms with E-state index in [2.05, 4.69) is 33.4 Å². The lowest BCUT2D eigenvalue weighted by atomic mass is 10.1.